The molecule has 1 aliphatic rings. The van der Waals surface area contributed by atoms with Crippen LogP contribution >= 0.6 is 23.2 Å². The first-order valence-corrected chi connectivity index (χ1v) is 9.26. The maximum atomic E-state index is 13.8. The number of aromatic nitrogens is 2. The van der Waals surface area contributed by atoms with Gasteiger partial charge in [0.15, 0.2) is 11.6 Å². The Hall–Kier alpha value is -2.44. The number of benzene rings is 2. The molecule has 2 heterocycles. The third-order valence-electron chi connectivity index (χ3n) is 4.44. The zero-order valence-corrected chi connectivity index (χ0v) is 15.7. The zero-order chi connectivity index (χ0) is 19.0. The van der Waals surface area contributed by atoms with Gasteiger partial charge < -0.3 is 10.2 Å². The number of anilines is 2. The van der Waals surface area contributed by atoms with Crippen molar-refractivity contribution in [3.05, 3.63) is 57.8 Å². The van der Waals surface area contributed by atoms with E-state index >= 15 is 0 Å². The molecule has 1 amide bonds. The number of para-hydroxylation sites is 2. The molecule has 0 spiro atoms. The Kier molecular flexibility index (Phi) is 4.85. The van der Waals surface area contributed by atoms with Gasteiger partial charge in [-0.1, -0.05) is 35.3 Å². The molecule has 0 aliphatic carbocycles. The SMILES string of the molecule is O=C(Nc1nc2ccccc2nc1N1CCCC1)c1cc(F)c(Cl)cc1Cl. The summed E-state index contributed by atoms with van der Waals surface area (Å²) in [6.45, 7) is 1.68. The molecule has 2 aromatic carbocycles. The first-order valence-electron chi connectivity index (χ1n) is 8.50. The van der Waals surface area contributed by atoms with E-state index in [2.05, 4.69) is 20.2 Å². The van der Waals surface area contributed by atoms with Crippen molar-refractivity contribution in [2.45, 2.75) is 12.8 Å². The molecular formula is C19H15Cl2FN4O. The highest BCUT2D eigenvalue weighted by Crippen LogP contribution is 2.30. The van der Waals surface area contributed by atoms with Crippen LogP contribution in [0.2, 0.25) is 10.0 Å². The molecular weight excluding hydrogens is 390 g/mol. The van der Waals surface area contributed by atoms with Crippen LogP contribution in [-0.2, 0) is 0 Å². The fraction of sp³-hybridized carbons (Fsp3) is 0.211. The Balaban J connectivity index is 1.75. The van der Waals surface area contributed by atoms with Gasteiger partial charge in [-0.15, -0.1) is 0 Å². The van der Waals surface area contributed by atoms with Crippen LogP contribution in [-0.4, -0.2) is 29.0 Å². The fourth-order valence-electron chi connectivity index (χ4n) is 3.10. The standard InChI is InChI=1S/C19H15Cl2FN4O/c20-12-10-13(21)14(22)9-11(12)19(27)25-17-18(26-7-3-4-8-26)24-16-6-2-1-5-15(16)23-17/h1-2,5-6,9-10H,3-4,7-8H2,(H,23,25,27). The van der Waals surface area contributed by atoms with Crippen molar-refractivity contribution >= 4 is 51.8 Å². The summed E-state index contributed by atoms with van der Waals surface area (Å²) in [5.74, 6) is -0.353. The first-order chi connectivity index (χ1) is 13.0. The van der Waals surface area contributed by atoms with E-state index in [0.29, 0.717) is 17.2 Å². The van der Waals surface area contributed by atoms with Crippen LogP contribution in [0.1, 0.15) is 23.2 Å². The van der Waals surface area contributed by atoms with Gasteiger partial charge in [0.1, 0.15) is 5.82 Å². The lowest BCUT2D eigenvalue weighted by atomic mass is 10.2. The van der Waals surface area contributed by atoms with Gasteiger partial charge in [-0.05, 0) is 37.1 Å². The van der Waals surface area contributed by atoms with Crippen molar-refractivity contribution < 1.29 is 9.18 Å². The number of nitrogens with one attached hydrogen (secondary N) is 1. The minimum absolute atomic E-state index is 0.0131. The summed E-state index contributed by atoms with van der Waals surface area (Å²) < 4.78 is 13.8. The number of carbonyl (C=O) groups excluding carboxylic acids is 1. The topological polar surface area (TPSA) is 58.1 Å². The third kappa shape index (κ3) is 3.55. The van der Waals surface area contributed by atoms with Crippen molar-refractivity contribution in [3.63, 3.8) is 0 Å². The molecule has 1 aromatic heterocycles. The van der Waals surface area contributed by atoms with E-state index in [9.17, 15) is 9.18 Å². The molecule has 1 aliphatic heterocycles. The summed E-state index contributed by atoms with van der Waals surface area (Å²) in [6, 6.07) is 9.66. The van der Waals surface area contributed by atoms with Crippen molar-refractivity contribution in [2.75, 3.05) is 23.3 Å². The maximum Gasteiger partial charge on any atom is 0.258 e. The molecule has 0 unspecified atom stereocenters. The number of nitrogens with zero attached hydrogens (tertiary/aromatic N) is 3. The number of hydrogen-bond donors (Lipinski definition) is 1. The number of rotatable bonds is 3. The van der Waals surface area contributed by atoms with Crippen LogP contribution in [0.15, 0.2) is 36.4 Å². The van der Waals surface area contributed by atoms with Crippen LogP contribution in [0, 0.1) is 5.82 Å². The number of carbonyl (C=O) groups is 1. The van der Waals surface area contributed by atoms with Gasteiger partial charge in [-0.3, -0.25) is 4.79 Å². The highest BCUT2D eigenvalue weighted by Gasteiger charge is 2.22. The monoisotopic (exact) mass is 404 g/mol. The van der Waals surface area contributed by atoms with Gasteiger partial charge in [-0.25, -0.2) is 14.4 Å². The molecule has 1 N–H and O–H groups in total. The smallest absolute Gasteiger partial charge is 0.258 e. The van der Waals surface area contributed by atoms with E-state index in [1.165, 1.54) is 6.07 Å². The van der Waals surface area contributed by atoms with Crippen LogP contribution in [0.4, 0.5) is 16.0 Å². The number of fused-ring (bicyclic) bond motifs is 1. The highest BCUT2D eigenvalue weighted by molar-refractivity contribution is 6.37. The third-order valence-corrected chi connectivity index (χ3v) is 5.05. The summed E-state index contributed by atoms with van der Waals surface area (Å²) in [7, 11) is 0. The second-order valence-electron chi connectivity index (χ2n) is 6.28. The van der Waals surface area contributed by atoms with Gasteiger partial charge in [0.05, 0.1) is 26.6 Å². The zero-order valence-electron chi connectivity index (χ0n) is 14.2. The second-order valence-corrected chi connectivity index (χ2v) is 7.09. The molecule has 8 heteroatoms. The first kappa shape index (κ1) is 17.9. The quantitative estimate of drug-likeness (QED) is 0.628. The Labute approximate surface area is 165 Å². The van der Waals surface area contributed by atoms with Gasteiger partial charge in [0.25, 0.3) is 5.91 Å². The van der Waals surface area contributed by atoms with Crippen molar-refractivity contribution in [1.82, 2.24) is 9.97 Å². The molecule has 0 saturated carbocycles. The fourth-order valence-corrected chi connectivity index (χ4v) is 3.56. The van der Waals surface area contributed by atoms with Crippen molar-refractivity contribution in [1.29, 1.82) is 0 Å². The van der Waals surface area contributed by atoms with E-state index in [0.717, 1.165) is 37.5 Å². The highest BCUT2D eigenvalue weighted by atomic mass is 35.5. The lowest BCUT2D eigenvalue weighted by molar-refractivity contribution is 0.102. The normalized spacial score (nSPS) is 14.0. The van der Waals surface area contributed by atoms with Gasteiger partial charge in [0.2, 0.25) is 0 Å². The average molecular weight is 405 g/mol. The summed E-state index contributed by atoms with van der Waals surface area (Å²) in [4.78, 5) is 24.0. The molecule has 3 aromatic rings. The molecule has 5 nitrogen and oxygen atoms in total. The van der Waals surface area contributed by atoms with Crippen LogP contribution in [0.3, 0.4) is 0 Å². The van der Waals surface area contributed by atoms with Gasteiger partial charge >= 0.3 is 0 Å². The Morgan fingerprint density at radius 3 is 2.41 bits per heavy atom. The Morgan fingerprint density at radius 2 is 1.70 bits per heavy atom. The largest absolute Gasteiger partial charge is 0.354 e. The molecule has 0 radical (unpaired) electrons. The molecule has 1 fully saturated rings. The molecule has 1 saturated heterocycles. The summed E-state index contributed by atoms with van der Waals surface area (Å²) in [5.41, 5.74) is 1.39. The van der Waals surface area contributed by atoms with E-state index in [1.807, 2.05) is 24.3 Å². The van der Waals surface area contributed by atoms with E-state index in [-0.39, 0.29) is 15.6 Å². The number of halogens is 3. The second kappa shape index (κ2) is 7.29. The minimum Gasteiger partial charge on any atom is -0.354 e. The summed E-state index contributed by atoms with van der Waals surface area (Å²) in [6.07, 6.45) is 2.10. The number of amides is 1. The van der Waals surface area contributed by atoms with Crippen molar-refractivity contribution in [2.24, 2.45) is 0 Å². The lowest BCUT2D eigenvalue weighted by Gasteiger charge is -2.20. The molecule has 27 heavy (non-hydrogen) atoms. The van der Waals surface area contributed by atoms with Gasteiger partial charge in [-0.2, -0.15) is 0 Å². The molecule has 0 atom stereocenters. The number of hydrogen-bond acceptors (Lipinski definition) is 4. The molecule has 138 valence electrons. The lowest BCUT2D eigenvalue weighted by Crippen LogP contribution is -2.23. The van der Waals surface area contributed by atoms with Crippen LogP contribution in [0.5, 0.6) is 0 Å². The summed E-state index contributed by atoms with van der Waals surface area (Å²) >= 11 is 11.8. The predicted molar refractivity (Wildman–Crippen MR) is 105 cm³/mol. The predicted octanol–water partition coefficient (Wildman–Crippen LogP) is 4.93. The van der Waals surface area contributed by atoms with Crippen molar-refractivity contribution in [3.8, 4) is 0 Å². The van der Waals surface area contributed by atoms with E-state index in [4.69, 9.17) is 23.2 Å². The maximum absolute atomic E-state index is 13.8. The van der Waals surface area contributed by atoms with Gasteiger partial charge in [0, 0.05) is 13.1 Å². The molecule has 0 bridgehead atoms. The summed E-state index contributed by atoms with van der Waals surface area (Å²) in [5, 5.41) is 2.66. The van der Waals surface area contributed by atoms with E-state index in [1.54, 1.807) is 0 Å². The Bertz CT molecular complexity index is 1040. The minimum atomic E-state index is -0.712. The van der Waals surface area contributed by atoms with Crippen LogP contribution in [0.25, 0.3) is 11.0 Å². The average Bonchev–Trinajstić information content (AvgIpc) is 3.18. The van der Waals surface area contributed by atoms with E-state index < -0.39 is 11.7 Å². The van der Waals surface area contributed by atoms with Crippen LogP contribution < -0.4 is 10.2 Å². The molecule has 4 rings (SSSR count). The Morgan fingerprint density at radius 1 is 1.04 bits per heavy atom.